The van der Waals surface area contributed by atoms with Gasteiger partial charge in [-0.05, 0) is 51.4 Å². The molecule has 0 aromatic rings. The molecule has 1 aliphatic rings. The van der Waals surface area contributed by atoms with Crippen LogP contribution in [-0.4, -0.2) is 99.6 Å². The highest BCUT2D eigenvalue weighted by Crippen LogP contribution is 2.26. The molecule has 1 saturated heterocycles. The third-order valence-corrected chi connectivity index (χ3v) is 16.9. The van der Waals surface area contributed by atoms with Gasteiger partial charge in [-0.25, -0.2) is 0 Å². The number of aliphatic hydroxyl groups is 5. The summed E-state index contributed by atoms with van der Waals surface area (Å²) >= 11 is 0. The smallest absolute Gasteiger partial charge is 0.306 e. The maximum Gasteiger partial charge on any atom is 0.306 e. The fourth-order valence-corrected chi connectivity index (χ4v) is 11.3. The Morgan fingerprint density at radius 2 is 0.815 bits per heavy atom. The molecule has 0 spiro atoms. The summed E-state index contributed by atoms with van der Waals surface area (Å²) in [5, 5.41) is 57.1. The van der Waals surface area contributed by atoms with E-state index < -0.39 is 67.4 Å². The molecule has 0 aromatic heterocycles. The van der Waals surface area contributed by atoms with Crippen LogP contribution in [-0.2, 0) is 23.8 Å². The molecule has 8 atom stereocenters. The number of unbranched alkanes of at least 4 members (excludes halogenated alkanes) is 45. The first kappa shape index (κ1) is 77.2. The first-order valence-corrected chi connectivity index (χ1v) is 35.1. The van der Waals surface area contributed by atoms with Crippen molar-refractivity contribution >= 4 is 11.9 Å². The second kappa shape index (κ2) is 58.5. The van der Waals surface area contributed by atoms with Crippen LogP contribution >= 0.6 is 0 Å². The molecule has 11 heteroatoms. The number of hydrogen-bond acceptors (Lipinski definition) is 10. The molecule has 0 bridgehead atoms. The quantitative estimate of drug-likeness (QED) is 0.0195. The molecule has 11 nitrogen and oxygen atoms in total. The Morgan fingerprint density at radius 1 is 0.469 bits per heavy atom. The summed E-state index contributed by atoms with van der Waals surface area (Å²) in [6.45, 7) is 5.82. The highest BCUT2D eigenvalue weighted by Gasteiger charge is 2.47. The van der Waals surface area contributed by atoms with Crippen molar-refractivity contribution in [2.75, 3.05) is 13.2 Å². The SMILES string of the molecule is CCCCCCCCC/C=C\CCCCCC(=O)OC1C(OCC(NC(=O)C(O)CCCCCCCCCCCCCCCCCCCCCCCCCCCC)C(O)/C=C/CCCCCCCCCCCC)OC(CO)C(O)C1O. The van der Waals surface area contributed by atoms with E-state index in [-0.39, 0.29) is 13.0 Å². The number of carbonyl (C=O) groups excluding carboxylic acids is 2. The normalized spacial score (nSPS) is 18.7. The maximum absolute atomic E-state index is 13.5. The van der Waals surface area contributed by atoms with Gasteiger partial charge in [0.1, 0.15) is 24.4 Å². The number of hydrogen-bond donors (Lipinski definition) is 6. The Balaban J connectivity index is 2.54. The molecule has 0 radical (unpaired) electrons. The van der Waals surface area contributed by atoms with Gasteiger partial charge in [0.25, 0.3) is 0 Å². The summed E-state index contributed by atoms with van der Waals surface area (Å²) in [6, 6.07) is -1.02. The number of allylic oxidation sites excluding steroid dienone is 3. The minimum atomic E-state index is -1.62. The lowest BCUT2D eigenvalue weighted by molar-refractivity contribution is -0.305. The lowest BCUT2D eigenvalue weighted by Crippen LogP contribution is -2.61. The highest BCUT2D eigenvalue weighted by atomic mass is 16.7. The average molecular weight is 1150 g/mol. The highest BCUT2D eigenvalue weighted by molar-refractivity contribution is 5.80. The minimum Gasteiger partial charge on any atom is -0.454 e. The minimum absolute atomic E-state index is 0.107. The fourth-order valence-electron chi connectivity index (χ4n) is 11.3. The van der Waals surface area contributed by atoms with Crippen LogP contribution in [0.3, 0.4) is 0 Å². The van der Waals surface area contributed by atoms with Crippen LogP contribution in [0.15, 0.2) is 24.3 Å². The molecule has 1 heterocycles. The third-order valence-electron chi connectivity index (χ3n) is 16.9. The molecular formula is C70H133NO10. The van der Waals surface area contributed by atoms with Crippen LogP contribution in [0.5, 0.6) is 0 Å². The van der Waals surface area contributed by atoms with Gasteiger partial charge in [0, 0.05) is 6.42 Å². The first-order valence-electron chi connectivity index (χ1n) is 35.1. The van der Waals surface area contributed by atoms with E-state index >= 15 is 0 Å². The molecule has 8 unspecified atom stereocenters. The maximum atomic E-state index is 13.5. The number of carbonyl (C=O) groups is 2. The van der Waals surface area contributed by atoms with Crippen LogP contribution in [0.4, 0.5) is 0 Å². The third kappa shape index (κ3) is 46.1. The summed E-state index contributed by atoms with van der Waals surface area (Å²) in [7, 11) is 0. The van der Waals surface area contributed by atoms with Crippen molar-refractivity contribution < 1.29 is 49.3 Å². The van der Waals surface area contributed by atoms with Crippen LogP contribution < -0.4 is 5.32 Å². The second-order valence-electron chi connectivity index (χ2n) is 24.6. The summed E-state index contributed by atoms with van der Waals surface area (Å²) in [5.41, 5.74) is 0. The summed E-state index contributed by atoms with van der Waals surface area (Å²) in [5.74, 6) is -1.19. The van der Waals surface area contributed by atoms with Gasteiger partial charge in [0.2, 0.25) is 5.91 Å². The van der Waals surface area contributed by atoms with Gasteiger partial charge in [-0.1, -0.05) is 315 Å². The molecule has 1 rings (SSSR count). The second-order valence-corrected chi connectivity index (χ2v) is 24.6. The summed E-state index contributed by atoms with van der Waals surface area (Å²) < 4.78 is 17.6. The molecule has 81 heavy (non-hydrogen) atoms. The van der Waals surface area contributed by atoms with Gasteiger partial charge in [-0.15, -0.1) is 0 Å². The monoisotopic (exact) mass is 1150 g/mol. The summed E-state index contributed by atoms with van der Waals surface area (Å²) in [6.07, 6.45) is 59.5. The predicted octanol–water partition coefficient (Wildman–Crippen LogP) is 17.6. The van der Waals surface area contributed by atoms with Gasteiger partial charge in [0.05, 0.1) is 25.4 Å². The van der Waals surface area contributed by atoms with Crippen LogP contribution in [0, 0.1) is 0 Å². The van der Waals surface area contributed by atoms with Crippen molar-refractivity contribution in [2.24, 2.45) is 0 Å². The zero-order valence-corrected chi connectivity index (χ0v) is 53.2. The largest absolute Gasteiger partial charge is 0.454 e. The number of ether oxygens (including phenoxy) is 3. The van der Waals surface area contributed by atoms with Crippen LogP contribution in [0.1, 0.15) is 348 Å². The number of aliphatic hydroxyl groups excluding tert-OH is 5. The Kier molecular flexibility index (Phi) is 55.7. The van der Waals surface area contributed by atoms with Crippen molar-refractivity contribution in [1.29, 1.82) is 0 Å². The van der Waals surface area contributed by atoms with Gasteiger partial charge >= 0.3 is 5.97 Å². The Morgan fingerprint density at radius 3 is 1.20 bits per heavy atom. The van der Waals surface area contributed by atoms with Crippen molar-refractivity contribution in [2.45, 2.75) is 397 Å². The number of nitrogens with one attached hydrogen (secondary N) is 1. The molecular weight excluding hydrogens is 1010 g/mol. The first-order chi connectivity index (χ1) is 39.7. The topological polar surface area (TPSA) is 175 Å². The molecule has 1 aliphatic heterocycles. The lowest BCUT2D eigenvalue weighted by Gasteiger charge is -2.41. The number of esters is 1. The standard InChI is InChI=1S/C70H133NO10/c1-4-7-10-13-16-19-22-25-27-28-29-30-31-32-33-34-35-36-37-38-39-42-45-48-51-54-57-63(74)69(78)71-61(62(73)56-53-50-47-44-41-24-21-18-15-12-9-6-3)60-79-70-68(67(77)66(76)64(59-72)80-70)81-65(75)58-55-52-49-46-43-40-26-23-20-17-14-11-8-5-2/h40,43,53,56,61-64,66-68,70,72-74,76-77H,4-39,41-42,44-52,54-55,57-60H2,1-3H3,(H,71,78)/b43-40-,56-53+. The van der Waals surface area contributed by atoms with E-state index in [1.54, 1.807) is 6.08 Å². The Bertz CT molecular complexity index is 1410. The van der Waals surface area contributed by atoms with Gasteiger partial charge < -0.3 is 45.1 Å². The Labute approximate surface area is 499 Å². The van der Waals surface area contributed by atoms with E-state index in [0.29, 0.717) is 19.3 Å². The van der Waals surface area contributed by atoms with E-state index in [2.05, 4.69) is 38.2 Å². The zero-order chi connectivity index (χ0) is 58.9. The molecule has 1 amide bonds. The molecule has 6 N–H and O–H groups in total. The molecule has 478 valence electrons. The van der Waals surface area contributed by atoms with Crippen molar-refractivity contribution in [3.63, 3.8) is 0 Å². The van der Waals surface area contributed by atoms with Crippen molar-refractivity contribution in [3.05, 3.63) is 24.3 Å². The lowest BCUT2D eigenvalue weighted by atomic mass is 9.99. The molecule has 1 fully saturated rings. The fraction of sp³-hybridized carbons (Fsp3) is 0.914. The van der Waals surface area contributed by atoms with E-state index in [4.69, 9.17) is 14.2 Å². The zero-order valence-electron chi connectivity index (χ0n) is 53.2. The predicted molar refractivity (Wildman–Crippen MR) is 338 cm³/mol. The van der Waals surface area contributed by atoms with E-state index in [0.717, 1.165) is 64.2 Å². The van der Waals surface area contributed by atoms with E-state index in [9.17, 15) is 35.1 Å². The average Bonchev–Trinajstić information content (AvgIpc) is 3.53. The number of amides is 1. The van der Waals surface area contributed by atoms with E-state index in [1.807, 2.05) is 6.08 Å². The Hall–Kier alpha value is -1.86. The van der Waals surface area contributed by atoms with Crippen LogP contribution in [0.25, 0.3) is 0 Å². The van der Waals surface area contributed by atoms with Gasteiger partial charge in [0.15, 0.2) is 12.4 Å². The van der Waals surface area contributed by atoms with Crippen molar-refractivity contribution in [1.82, 2.24) is 5.32 Å². The van der Waals surface area contributed by atoms with Gasteiger partial charge in [-0.3, -0.25) is 9.59 Å². The number of rotatable bonds is 61. The molecule has 0 aliphatic carbocycles. The molecule has 0 saturated carbocycles. The van der Waals surface area contributed by atoms with Crippen LogP contribution in [0.2, 0.25) is 0 Å². The summed E-state index contributed by atoms with van der Waals surface area (Å²) in [4.78, 5) is 26.6. The molecule has 0 aromatic carbocycles. The van der Waals surface area contributed by atoms with Crippen molar-refractivity contribution in [3.8, 4) is 0 Å². The van der Waals surface area contributed by atoms with Gasteiger partial charge in [-0.2, -0.15) is 0 Å². The van der Waals surface area contributed by atoms with E-state index in [1.165, 1.54) is 238 Å².